The highest BCUT2D eigenvalue weighted by molar-refractivity contribution is 5.17. The van der Waals surface area contributed by atoms with Crippen LogP contribution in [0.3, 0.4) is 0 Å². The molecule has 0 amide bonds. The van der Waals surface area contributed by atoms with Gasteiger partial charge in [-0.2, -0.15) is 10.4 Å². The van der Waals surface area contributed by atoms with Crippen molar-refractivity contribution in [3.8, 4) is 11.8 Å². The van der Waals surface area contributed by atoms with Crippen molar-refractivity contribution in [2.24, 2.45) is 5.92 Å². The molecule has 1 aromatic heterocycles. The summed E-state index contributed by atoms with van der Waals surface area (Å²) >= 11 is 0. The summed E-state index contributed by atoms with van der Waals surface area (Å²) in [5.74, 6) is 1.19. The van der Waals surface area contributed by atoms with Gasteiger partial charge in [-0.3, -0.25) is 4.68 Å². The number of aromatic nitrogens is 2. The number of hydrogen-bond acceptors (Lipinski definition) is 4. The molecular weight excluding hydrogens is 228 g/mol. The van der Waals surface area contributed by atoms with E-state index in [1.807, 2.05) is 27.1 Å². The summed E-state index contributed by atoms with van der Waals surface area (Å²) < 4.78 is 7.35. The maximum atomic E-state index is 9.42. The lowest BCUT2D eigenvalue weighted by molar-refractivity contribution is 0.241. The van der Waals surface area contributed by atoms with Gasteiger partial charge in [0.2, 0.25) is 0 Å². The van der Waals surface area contributed by atoms with E-state index < -0.39 is 5.54 Å². The molecule has 1 N–H and O–H groups in total. The molecule has 1 atom stereocenters. The smallest absolute Gasteiger partial charge is 0.157 e. The number of nitrogens with one attached hydrogen (secondary N) is 1. The van der Waals surface area contributed by atoms with Crippen LogP contribution in [-0.4, -0.2) is 28.5 Å². The summed E-state index contributed by atoms with van der Waals surface area (Å²) in [5.41, 5.74) is -0.499. The molecule has 98 valence electrons. The van der Waals surface area contributed by atoms with Crippen molar-refractivity contribution < 1.29 is 4.74 Å². The predicted molar refractivity (Wildman–Crippen MR) is 68.1 cm³/mol. The fourth-order valence-corrected chi connectivity index (χ4v) is 2.19. The van der Waals surface area contributed by atoms with Crippen LogP contribution in [0.1, 0.15) is 26.7 Å². The van der Waals surface area contributed by atoms with E-state index in [-0.39, 0.29) is 6.10 Å². The molecule has 5 nitrogen and oxygen atoms in total. The largest absolute Gasteiger partial charge is 0.488 e. The van der Waals surface area contributed by atoms with E-state index in [0.29, 0.717) is 12.5 Å². The van der Waals surface area contributed by atoms with Gasteiger partial charge in [-0.05, 0) is 39.7 Å². The quantitative estimate of drug-likeness (QED) is 0.830. The van der Waals surface area contributed by atoms with E-state index in [0.717, 1.165) is 18.6 Å². The summed E-state index contributed by atoms with van der Waals surface area (Å²) in [6.07, 6.45) is 5.92. The van der Waals surface area contributed by atoms with Gasteiger partial charge in [-0.25, -0.2) is 0 Å². The molecule has 0 bridgehead atoms. The highest BCUT2D eigenvalue weighted by Crippen LogP contribution is 2.40. The molecule has 1 aromatic rings. The molecule has 1 fully saturated rings. The summed E-state index contributed by atoms with van der Waals surface area (Å²) in [5, 5.41) is 16.8. The molecule has 5 heteroatoms. The molecule has 2 rings (SSSR count). The van der Waals surface area contributed by atoms with Crippen molar-refractivity contribution >= 4 is 0 Å². The van der Waals surface area contributed by atoms with Crippen LogP contribution in [0.4, 0.5) is 0 Å². The van der Waals surface area contributed by atoms with Crippen LogP contribution < -0.4 is 10.1 Å². The minimum Gasteiger partial charge on any atom is -0.488 e. The Morgan fingerprint density at radius 2 is 2.39 bits per heavy atom. The number of ether oxygens (including phenoxy) is 1. The average molecular weight is 248 g/mol. The maximum absolute atomic E-state index is 9.42. The molecule has 1 aliphatic carbocycles. The van der Waals surface area contributed by atoms with E-state index in [9.17, 15) is 5.26 Å². The van der Waals surface area contributed by atoms with E-state index >= 15 is 0 Å². The van der Waals surface area contributed by atoms with E-state index in [2.05, 4.69) is 16.5 Å². The second kappa shape index (κ2) is 4.99. The van der Waals surface area contributed by atoms with Crippen LogP contribution >= 0.6 is 0 Å². The highest BCUT2D eigenvalue weighted by atomic mass is 16.5. The molecule has 1 saturated carbocycles. The van der Waals surface area contributed by atoms with Crippen LogP contribution in [0.15, 0.2) is 12.4 Å². The molecular formula is C13H20N4O. The Labute approximate surface area is 108 Å². The number of likely N-dealkylation sites (N-methyl/N-ethyl adjacent to an activating group) is 1. The van der Waals surface area contributed by atoms with Crippen molar-refractivity contribution in [2.45, 2.75) is 44.9 Å². The lowest BCUT2D eigenvalue weighted by atomic mass is 9.95. The zero-order valence-corrected chi connectivity index (χ0v) is 11.2. The summed E-state index contributed by atoms with van der Waals surface area (Å²) in [6.45, 7) is 4.52. The second-order valence-corrected chi connectivity index (χ2v) is 5.15. The third kappa shape index (κ3) is 2.65. The first-order valence-corrected chi connectivity index (χ1v) is 6.39. The molecule has 18 heavy (non-hydrogen) atoms. The van der Waals surface area contributed by atoms with Crippen molar-refractivity contribution in [1.29, 1.82) is 5.26 Å². The Hall–Kier alpha value is -1.54. The molecule has 0 radical (unpaired) electrons. The fraction of sp³-hybridized carbons (Fsp3) is 0.692. The molecule has 0 aromatic carbocycles. The summed E-state index contributed by atoms with van der Waals surface area (Å²) in [7, 11) is 1.84. The normalized spacial score (nSPS) is 18.4. The molecule has 0 aliphatic heterocycles. The van der Waals surface area contributed by atoms with Crippen molar-refractivity contribution in [2.75, 3.05) is 7.05 Å². The number of hydrogen-bond donors (Lipinski definition) is 1. The third-order valence-electron chi connectivity index (χ3n) is 3.31. The van der Waals surface area contributed by atoms with Crippen molar-refractivity contribution in [3.63, 3.8) is 0 Å². The van der Waals surface area contributed by atoms with Gasteiger partial charge in [0.15, 0.2) is 5.75 Å². The standard InChI is InChI=1S/C13H20N4O/c1-10(2)18-12-6-16-17(7-12)9-13(8-14,15-3)11-4-5-11/h6-7,10-11,15H,4-5,9H2,1-3H3. The van der Waals surface area contributed by atoms with Crippen molar-refractivity contribution in [3.05, 3.63) is 12.4 Å². The van der Waals surface area contributed by atoms with Gasteiger partial charge in [0, 0.05) is 0 Å². The number of nitriles is 1. The first-order chi connectivity index (χ1) is 8.59. The molecule has 1 heterocycles. The molecule has 0 spiro atoms. The van der Waals surface area contributed by atoms with E-state index in [1.165, 1.54) is 0 Å². The van der Waals surface area contributed by atoms with Crippen molar-refractivity contribution in [1.82, 2.24) is 15.1 Å². The number of nitrogens with zero attached hydrogens (tertiary/aromatic N) is 3. The molecule has 1 unspecified atom stereocenters. The molecule has 1 aliphatic rings. The summed E-state index contributed by atoms with van der Waals surface area (Å²) in [4.78, 5) is 0. The number of rotatable bonds is 6. The van der Waals surface area contributed by atoms with Crippen LogP contribution in [0, 0.1) is 17.2 Å². The van der Waals surface area contributed by atoms with E-state index in [4.69, 9.17) is 4.74 Å². The van der Waals surface area contributed by atoms with Gasteiger partial charge >= 0.3 is 0 Å². The highest BCUT2D eigenvalue weighted by Gasteiger charge is 2.45. The zero-order valence-electron chi connectivity index (χ0n) is 11.2. The Kier molecular flexibility index (Phi) is 3.58. The van der Waals surface area contributed by atoms with Crippen LogP contribution in [-0.2, 0) is 6.54 Å². The minimum atomic E-state index is -0.499. The first kappa shape index (κ1) is 12.9. The van der Waals surface area contributed by atoms with Crippen LogP contribution in [0.25, 0.3) is 0 Å². The Bertz CT molecular complexity index is 444. The van der Waals surface area contributed by atoms with E-state index in [1.54, 1.807) is 10.9 Å². The van der Waals surface area contributed by atoms with Gasteiger partial charge in [0.25, 0.3) is 0 Å². The predicted octanol–water partition coefficient (Wildman–Crippen LogP) is 1.56. The van der Waals surface area contributed by atoms with Gasteiger partial charge in [-0.15, -0.1) is 0 Å². The first-order valence-electron chi connectivity index (χ1n) is 6.39. The lowest BCUT2D eigenvalue weighted by Gasteiger charge is -2.25. The SMILES string of the molecule is CNC(C#N)(Cn1cc(OC(C)C)cn1)C1CC1. The van der Waals surface area contributed by atoms with Gasteiger partial charge in [0.1, 0.15) is 5.54 Å². The minimum absolute atomic E-state index is 0.135. The Balaban J connectivity index is 2.08. The monoisotopic (exact) mass is 248 g/mol. The summed E-state index contributed by atoms with van der Waals surface area (Å²) in [6, 6.07) is 2.41. The molecule has 0 saturated heterocycles. The fourth-order valence-electron chi connectivity index (χ4n) is 2.19. The topological polar surface area (TPSA) is 62.9 Å². The van der Waals surface area contributed by atoms with Gasteiger partial charge in [0.05, 0.1) is 31.1 Å². The lowest BCUT2D eigenvalue weighted by Crippen LogP contribution is -2.47. The van der Waals surface area contributed by atoms with Crippen LogP contribution in [0.5, 0.6) is 5.75 Å². The van der Waals surface area contributed by atoms with Gasteiger partial charge in [-0.1, -0.05) is 0 Å². The average Bonchev–Trinajstić information content (AvgIpc) is 3.10. The Morgan fingerprint density at radius 3 is 2.89 bits per heavy atom. The van der Waals surface area contributed by atoms with Gasteiger partial charge < -0.3 is 10.1 Å². The second-order valence-electron chi connectivity index (χ2n) is 5.15. The Morgan fingerprint density at radius 1 is 1.67 bits per heavy atom. The maximum Gasteiger partial charge on any atom is 0.157 e. The zero-order chi connectivity index (χ0) is 13.2. The third-order valence-corrected chi connectivity index (χ3v) is 3.31. The van der Waals surface area contributed by atoms with Crippen LogP contribution in [0.2, 0.25) is 0 Å².